The van der Waals surface area contributed by atoms with Crippen molar-refractivity contribution in [1.82, 2.24) is 10.2 Å². The van der Waals surface area contributed by atoms with Gasteiger partial charge in [0.2, 0.25) is 0 Å². The van der Waals surface area contributed by atoms with Gasteiger partial charge in [-0.15, -0.1) is 0 Å². The molecule has 2 amide bonds. The van der Waals surface area contributed by atoms with Crippen LogP contribution >= 0.6 is 0 Å². The number of fused-ring (bicyclic) bond motifs is 3. The smallest absolute Gasteiger partial charge is 0.407 e. The standard InChI is InChI=1S/C50H92N2O4/c1-9-10-11-12-13-14-15-16-17-18-19-20-21-22-23-24-34-52(46(54)55)37-48(6)33-32-47(4,5)44(36-48)51-45(53)56-38-49(7)30-25-31-50(8)42-28-26-40(39(2)3)35-41(42)27-29-43(49)50/h39-44H,9-38H2,1-8H3,(H,51,53)(H,54,55). The van der Waals surface area contributed by atoms with Gasteiger partial charge in [-0.2, -0.15) is 0 Å². The Hall–Kier alpha value is -1.46. The summed E-state index contributed by atoms with van der Waals surface area (Å²) in [6.45, 7) is 20.5. The number of hydrogen-bond donors (Lipinski definition) is 2. The zero-order valence-electron chi connectivity index (χ0n) is 38.3. The highest BCUT2D eigenvalue weighted by Gasteiger charge is 2.57. The van der Waals surface area contributed by atoms with Crippen molar-refractivity contribution >= 4 is 12.2 Å². The molecule has 0 bridgehead atoms. The highest BCUT2D eigenvalue weighted by atomic mass is 16.5. The van der Waals surface area contributed by atoms with Gasteiger partial charge in [-0.3, -0.25) is 0 Å². The van der Waals surface area contributed by atoms with Gasteiger partial charge in [-0.1, -0.05) is 158 Å². The molecule has 0 heterocycles. The van der Waals surface area contributed by atoms with Crippen molar-refractivity contribution in [2.75, 3.05) is 19.7 Å². The summed E-state index contributed by atoms with van der Waals surface area (Å²) in [5.41, 5.74) is 0.134. The lowest BCUT2D eigenvalue weighted by atomic mass is 9.44. The van der Waals surface area contributed by atoms with Crippen LogP contribution in [0.25, 0.3) is 0 Å². The van der Waals surface area contributed by atoms with Gasteiger partial charge in [0.1, 0.15) is 0 Å². The summed E-state index contributed by atoms with van der Waals surface area (Å²) in [7, 11) is 0. The molecule has 56 heavy (non-hydrogen) atoms. The van der Waals surface area contributed by atoms with E-state index in [0.29, 0.717) is 31.0 Å². The Labute approximate surface area is 346 Å². The predicted octanol–water partition coefficient (Wildman–Crippen LogP) is 14.8. The van der Waals surface area contributed by atoms with E-state index in [0.717, 1.165) is 62.2 Å². The van der Waals surface area contributed by atoms with E-state index < -0.39 is 6.09 Å². The summed E-state index contributed by atoms with van der Waals surface area (Å²) in [6.07, 6.45) is 33.2. The molecule has 0 aromatic rings. The molecule has 8 unspecified atom stereocenters. The van der Waals surface area contributed by atoms with Crippen LogP contribution < -0.4 is 5.32 Å². The SMILES string of the molecule is CCCCCCCCCCCCCCCCCCN(CC1(C)CCC(C)(C)C(NC(=O)OCC2(C)CCCC3(C)C4CCC(C(C)C)CC4CCC23)C1)C(=O)O. The Morgan fingerprint density at radius 2 is 1.34 bits per heavy atom. The molecule has 6 nitrogen and oxygen atoms in total. The normalized spacial score (nSPS) is 32.7. The van der Waals surface area contributed by atoms with Crippen LogP contribution in [0.1, 0.15) is 229 Å². The number of hydrogen-bond acceptors (Lipinski definition) is 3. The molecule has 4 aliphatic rings. The molecule has 4 fully saturated rings. The van der Waals surface area contributed by atoms with Crippen molar-refractivity contribution in [1.29, 1.82) is 0 Å². The number of alkyl carbamates (subject to hydrolysis) is 1. The number of nitrogens with one attached hydrogen (secondary N) is 1. The van der Waals surface area contributed by atoms with E-state index in [1.807, 2.05) is 0 Å². The van der Waals surface area contributed by atoms with Crippen LogP contribution in [0.3, 0.4) is 0 Å². The molecule has 326 valence electrons. The molecule has 6 heteroatoms. The fourth-order valence-corrected chi connectivity index (χ4v) is 12.8. The zero-order chi connectivity index (χ0) is 40.8. The minimum absolute atomic E-state index is 0.0233. The van der Waals surface area contributed by atoms with Gasteiger partial charge in [0.15, 0.2) is 0 Å². The Kier molecular flexibility index (Phi) is 18.7. The summed E-state index contributed by atoms with van der Waals surface area (Å²) < 4.78 is 6.23. The van der Waals surface area contributed by atoms with Crippen LogP contribution in [0.15, 0.2) is 0 Å². The first-order chi connectivity index (χ1) is 26.6. The van der Waals surface area contributed by atoms with Crippen molar-refractivity contribution in [2.24, 2.45) is 51.2 Å². The highest BCUT2D eigenvalue weighted by molar-refractivity contribution is 5.68. The Morgan fingerprint density at radius 3 is 1.91 bits per heavy atom. The Morgan fingerprint density at radius 1 is 0.750 bits per heavy atom. The number of nitrogens with zero attached hydrogens (tertiary/aromatic N) is 1. The molecule has 0 saturated heterocycles. The number of ether oxygens (including phenoxy) is 1. The topological polar surface area (TPSA) is 78.9 Å². The van der Waals surface area contributed by atoms with E-state index in [-0.39, 0.29) is 28.4 Å². The molecular weight excluding hydrogens is 693 g/mol. The monoisotopic (exact) mass is 785 g/mol. The molecule has 0 aromatic carbocycles. The predicted molar refractivity (Wildman–Crippen MR) is 235 cm³/mol. The first-order valence-electron chi connectivity index (χ1n) is 24.5. The summed E-state index contributed by atoms with van der Waals surface area (Å²) in [6, 6.07) is -0.0454. The minimum Gasteiger partial charge on any atom is -0.465 e. The van der Waals surface area contributed by atoms with Crippen molar-refractivity contribution < 1.29 is 19.4 Å². The molecule has 0 spiro atoms. The second-order valence-corrected chi connectivity index (χ2v) is 22.1. The van der Waals surface area contributed by atoms with Crippen LogP contribution in [0.2, 0.25) is 0 Å². The first-order valence-corrected chi connectivity index (χ1v) is 24.5. The summed E-state index contributed by atoms with van der Waals surface area (Å²) in [5.74, 6) is 3.98. The van der Waals surface area contributed by atoms with Crippen LogP contribution in [-0.4, -0.2) is 47.9 Å². The van der Waals surface area contributed by atoms with Gasteiger partial charge in [0, 0.05) is 24.5 Å². The number of unbranched alkanes of at least 4 members (excludes halogenated alkanes) is 15. The van der Waals surface area contributed by atoms with Crippen molar-refractivity contribution in [3.8, 4) is 0 Å². The van der Waals surface area contributed by atoms with E-state index >= 15 is 0 Å². The molecule has 4 rings (SSSR count). The summed E-state index contributed by atoms with van der Waals surface area (Å²) in [4.78, 5) is 27.7. The lowest BCUT2D eigenvalue weighted by Gasteiger charge is -2.61. The number of carbonyl (C=O) groups is 2. The summed E-state index contributed by atoms with van der Waals surface area (Å²) >= 11 is 0. The third-order valence-corrected chi connectivity index (χ3v) is 16.7. The number of carboxylic acid groups (broad SMARTS) is 1. The largest absolute Gasteiger partial charge is 0.465 e. The van der Waals surface area contributed by atoms with E-state index in [9.17, 15) is 14.7 Å². The number of rotatable bonds is 23. The molecule has 0 aliphatic heterocycles. The third kappa shape index (κ3) is 13.5. The van der Waals surface area contributed by atoms with Gasteiger partial charge < -0.3 is 20.1 Å². The first kappa shape index (κ1) is 47.2. The molecule has 8 atom stereocenters. The van der Waals surface area contributed by atoms with Gasteiger partial charge >= 0.3 is 12.2 Å². The maximum Gasteiger partial charge on any atom is 0.407 e. The van der Waals surface area contributed by atoms with Gasteiger partial charge in [-0.25, -0.2) is 9.59 Å². The molecule has 0 aromatic heterocycles. The lowest BCUT2D eigenvalue weighted by molar-refractivity contribution is -0.136. The van der Waals surface area contributed by atoms with E-state index in [1.165, 1.54) is 135 Å². The quantitative estimate of drug-likeness (QED) is 0.101. The number of amides is 2. The van der Waals surface area contributed by atoms with Crippen LogP contribution in [-0.2, 0) is 4.74 Å². The van der Waals surface area contributed by atoms with Gasteiger partial charge in [0.25, 0.3) is 0 Å². The fourth-order valence-electron chi connectivity index (χ4n) is 12.8. The lowest BCUT2D eigenvalue weighted by Crippen LogP contribution is -2.56. The van der Waals surface area contributed by atoms with Crippen LogP contribution in [0.5, 0.6) is 0 Å². The second kappa shape index (κ2) is 22.2. The maximum atomic E-state index is 13.6. The van der Waals surface area contributed by atoms with Crippen LogP contribution in [0.4, 0.5) is 9.59 Å². The molecule has 2 N–H and O–H groups in total. The average molecular weight is 785 g/mol. The van der Waals surface area contributed by atoms with E-state index in [1.54, 1.807) is 4.90 Å². The fraction of sp³-hybridized carbons (Fsp3) is 0.960. The van der Waals surface area contributed by atoms with Crippen LogP contribution in [0, 0.1) is 51.2 Å². The molecular formula is C50H92N2O4. The Bertz CT molecular complexity index is 1170. The van der Waals surface area contributed by atoms with Crippen molar-refractivity contribution in [2.45, 2.75) is 235 Å². The number of carbonyl (C=O) groups excluding carboxylic acids is 1. The zero-order valence-corrected chi connectivity index (χ0v) is 38.3. The minimum atomic E-state index is -0.810. The second-order valence-electron chi connectivity index (χ2n) is 22.1. The van der Waals surface area contributed by atoms with E-state index in [4.69, 9.17) is 4.74 Å². The third-order valence-electron chi connectivity index (χ3n) is 16.7. The van der Waals surface area contributed by atoms with Crippen molar-refractivity contribution in [3.05, 3.63) is 0 Å². The Balaban J connectivity index is 1.16. The van der Waals surface area contributed by atoms with Gasteiger partial charge in [-0.05, 0) is 116 Å². The molecule has 4 saturated carbocycles. The highest BCUT2D eigenvalue weighted by Crippen LogP contribution is 2.64. The summed E-state index contributed by atoms with van der Waals surface area (Å²) in [5, 5.41) is 13.6. The molecule has 4 aliphatic carbocycles. The van der Waals surface area contributed by atoms with Gasteiger partial charge in [0.05, 0.1) is 6.61 Å². The molecule has 0 radical (unpaired) electrons. The van der Waals surface area contributed by atoms with Crippen molar-refractivity contribution in [3.63, 3.8) is 0 Å². The maximum absolute atomic E-state index is 13.6. The van der Waals surface area contributed by atoms with E-state index in [2.05, 4.69) is 60.7 Å². The average Bonchev–Trinajstić information content (AvgIpc) is 3.15.